The number of H-pyrrole nitrogens is 1. The molecule has 0 radical (unpaired) electrons. The lowest BCUT2D eigenvalue weighted by atomic mass is 9.90. The van der Waals surface area contributed by atoms with Crippen LogP contribution >= 0.6 is 0 Å². The molecule has 1 aromatic carbocycles. The molecular weight excluding hydrogens is 234 g/mol. The van der Waals surface area contributed by atoms with Gasteiger partial charge in [0.25, 0.3) is 0 Å². The fourth-order valence-electron chi connectivity index (χ4n) is 2.30. The first kappa shape index (κ1) is 11.7. The van der Waals surface area contributed by atoms with Crippen molar-refractivity contribution >= 4 is 0 Å². The Morgan fingerprint density at radius 3 is 2.47 bits per heavy atom. The summed E-state index contributed by atoms with van der Waals surface area (Å²) in [6, 6.07) is 14.6. The third kappa shape index (κ3) is 2.71. The van der Waals surface area contributed by atoms with Crippen molar-refractivity contribution in [3.05, 3.63) is 84.2 Å². The molecule has 0 bridgehead atoms. The number of benzene rings is 1. The molecule has 3 aromatic rings. The van der Waals surface area contributed by atoms with Gasteiger partial charge in [-0.1, -0.05) is 30.3 Å². The number of hydrogen-bond acceptors (Lipinski definition) is 2. The predicted octanol–water partition coefficient (Wildman–Crippen LogP) is 3.18. The summed E-state index contributed by atoms with van der Waals surface area (Å²) >= 11 is 0. The Kier molecular flexibility index (Phi) is 3.36. The summed E-state index contributed by atoms with van der Waals surface area (Å²) in [5.74, 6) is 0.261. The van der Waals surface area contributed by atoms with E-state index in [-0.39, 0.29) is 5.92 Å². The highest BCUT2D eigenvalue weighted by molar-refractivity contribution is 5.29. The molecule has 0 aliphatic rings. The van der Waals surface area contributed by atoms with E-state index in [1.165, 1.54) is 11.1 Å². The van der Waals surface area contributed by atoms with E-state index in [0.29, 0.717) is 0 Å². The minimum atomic E-state index is 0.261. The summed E-state index contributed by atoms with van der Waals surface area (Å²) in [5, 5.41) is 0. The van der Waals surface area contributed by atoms with Crippen molar-refractivity contribution in [2.45, 2.75) is 12.3 Å². The van der Waals surface area contributed by atoms with Gasteiger partial charge < -0.3 is 4.98 Å². The average Bonchev–Trinajstić information content (AvgIpc) is 3.01. The summed E-state index contributed by atoms with van der Waals surface area (Å²) < 4.78 is 0. The van der Waals surface area contributed by atoms with Gasteiger partial charge in [0.2, 0.25) is 0 Å². The molecule has 94 valence electrons. The van der Waals surface area contributed by atoms with Gasteiger partial charge in [0.1, 0.15) is 0 Å². The van der Waals surface area contributed by atoms with E-state index in [0.717, 1.165) is 12.1 Å². The summed E-state index contributed by atoms with van der Waals surface area (Å²) in [5.41, 5.74) is 3.62. The molecule has 0 amide bonds. The molecule has 19 heavy (non-hydrogen) atoms. The monoisotopic (exact) mass is 249 g/mol. The topological polar surface area (TPSA) is 41.6 Å². The summed E-state index contributed by atoms with van der Waals surface area (Å²) in [7, 11) is 0. The van der Waals surface area contributed by atoms with Crippen molar-refractivity contribution in [2.75, 3.05) is 0 Å². The highest BCUT2D eigenvalue weighted by Gasteiger charge is 2.16. The Morgan fingerprint density at radius 2 is 1.79 bits per heavy atom. The predicted molar refractivity (Wildman–Crippen MR) is 74.8 cm³/mol. The van der Waals surface area contributed by atoms with Crippen molar-refractivity contribution in [1.82, 2.24) is 15.0 Å². The molecule has 0 aliphatic heterocycles. The maximum absolute atomic E-state index is 4.41. The number of nitrogens with one attached hydrogen (secondary N) is 1. The number of rotatable bonds is 4. The van der Waals surface area contributed by atoms with Crippen molar-refractivity contribution in [1.29, 1.82) is 0 Å². The van der Waals surface area contributed by atoms with Crippen LogP contribution in [0.1, 0.15) is 22.7 Å². The van der Waals surface area contributed by atoms with Crippen molar-refractivity contribution < 1.29 is 0 Å². The lowest BCUT2D eigenvalue weighted by Gasteiger charge is -2.15. The largest absolute Gasteiger partial charge is 0.351 e. The van der Waals surface area contributed by atoms with Crippen LogP contribution in [0.25, 0.3) is 0 Å². The Bertz CT molecular complexity index is 603. The second kappa shape index (κ2) is 5.48. The first-order valence-electron chi connectivity index (χ1n) is 6.36. The standard InChI is InChI=1S/C16H15N3/c1-2-4-13(5-3-1)10-15(16-11-18-12-19-16)14-6-8-17-9-7-14/h1-9,11-12,15H,10H2,(H,18,19). The number of hydrogen-bond donors (Lipinski definition) is 1. The molecule has 2 heterocycles. The SMILES string of the molecule is c1ccc(CC(c2ccncc2)c2c[nH]cn2)cc1. The zero-order valence-electron chi connectivity index (χ0n) is 10.5. The smallest absolute Gasteiger partial charge is 0.0923 e. The molecule has 0 saturated carbocycles. The van der Waals surface area contributed by atoms with Gasteiger partial charge in [0.15, 0.2) is 0 Å². The van der Waals surface area contributed by atoms with E-state index >= 15 is 0 Å². The fourth-order valence-corrected chi connectivity index (χ4v) is 2.30. The molecule has 2 aromatic heterocycles. The second-order valence-electron chi connectivity index (χ2n) is 4.52. The summed E-state index contributed by atoms with van der Waals surface area (Å²) in [4.78, 5) is 11.5. The van der Waals surface area contributed by atoms with Crippen molar-refractivity contribution in [3.8, 4) is 0 Å². The van der Waals surface area contributed by atoms with Crippen LogP contribution in [0.5, 0.6) is 0 Å². The van der Waals surface area contributed by atoms with E-state index in [1.54, 1.807) is 6.33 Å². The van der Waals surface area contributed by atoms with Crippen LogP contribution < -0.4 is 0 Å². The van der Waals surface area contributed by atoms with E-state index in [2.05, 4.69) is 51.4 Å². The van der Waals surface area contributed by atoms with Gasteiger partial charge in [-0.3, -0.25) is 4.98 Å². The van der Waals surface area contributed by atoms with Crippen LogP contribution in [0.3, 0.4) is 0 Å². The minimum Gasteiger partial charge on any atom is -0.351 e. The normalized spacial score (nSPS) is 12.2. The highest BCUT2D eigenvalue weighted by atomic mass is 14.9. The van der Waals surface area contributed by atoms with Gasteiger partial charge in [-0.2, -0.15) is 0 Å². The number of imidazole rings is 1. The van der Waals surface area contributed by atoms with Crippen LogP contribution in [0, 0.1) is 0 Å². The maximum Gasteiger partial charge on any atom is 0.0923 e. The van der Waals surface area contributed by atoms with Gasteiger partial charge in [0, 0.05) is 24.5 Å². The lowest BCUT2D eigenvalue weighted by molar-refractivity contribution is 0.778. The van der Waals surface area contributed by atoms with Gasteiger partial charge in [-0.15, -0.1) is 0 Å². The molecule has 1 N–H and O–H groups in total. The van der Waals surface area contributed by atoms with E-state index in [1.807, 2.05) is 24.7 Å². The Hall–Kier alpha value is -2.42. The van der Waals surface area contributed by atoms with Crippen LogP contribution in [-0.2, 0) is 6.42 Å². The Labute approximate surface area is 112 Å². The van der Waals surface area contributed by atoms with E-state index in [4.69, 9.17) is 0 Å². The maximum atomic E-state index is 4.41. The molecule has 0 aliphatic carbocycles. The number of nitrogens with zero attached hydrogens (tertiary/aromatic N) is 2. The van der Waals surface area contributed by atoms with Gasteiger partial charge >= 0.3 is 0 Å². The molecule has 3 heteroatoms. The summed E-state index contributed by atoms with van der Waals surface area (Å²) in [6.07, 6.45) is 8.30. The zero-order valence-corrected chi connectivity index (χ0v) is 10.5. The quantitative estimate of drug-likeness (QED) is 0.771. The molecule has 0 saturated heterocycles. The third-order valence-electron chi connectivity index (χ3n) is 3.27. The molecule has 0 fully saturated rings. The molecule has 3 rings (SSSR count). The Morgan fingerprint density at radius 1 is 1.00 bits per heavy atom. The first-order chi connectivity index (χ1) is 9.43. The fraction of sp³-hybridized carbons (Fsp3) is 0.125. The number of aromatic nitrogens is 3. The molecule has 1 unspecified atom stereocenters. The zero-order chi connectivity index (χ0) is 12.9. The average molecular weight is 249 g/mol. The Balaban J connectivity index is 1.94. The lowest BCUT2D eigenvalue weighted by Crippen LogP contribution is -2.05. The van der Waals surface area contributed by atoms with E-state index in [9.17, 15) is 0 Å². The molecule has 0 spiro atoms. The van der Waals surface area contributed by atoms with E-state index < -0.39 is 0 Å². The van der Waals surface area contributed by atoms with Gasteiger partial charge in [-0.25, -0.2) is 4.98 Å². The van der Waals surface area contributed by atoms with Crippen molar-refractivity contribution in [3.63, 3.8) is 0 Å². The minimum absolute atomic E-state index is 0.261. The number of pyridine rings is 1. The van der Waals surface area contributed by atoms with Crippen LogP contribution in [0.4, 0.5) is 0 Å². The molecule has 1 atom stereocenters. The molecular formula is C16H15N3. The van der Waals surface area contributed by atoms with Crippen molar-refractivity contribution in [2.24, 2.45) is 0 Å². The summed E-state index contributed by atoms with van der Waals surface area (Å²) in [6.45, 7) is 0. The second-order valence-corrected chi connectivity index (χ2v) is 4.52. The van der Waals surface area contributed by atoms with Gasteiger partial charge in [0.05, 0.1) is 12.0 Å². The highest BCUT2D eigenvalue weighted by Crippen LogP contribution is 2.26. The van der Waals surface area contributed by atoms with Gasteiger partial charge in [-0.05, 0) is 29.7 Å². The van der Waals surface area contributed by atoms with Crippen LogP contribution in [0.2, 0.25) is 0 Å². The van der Waals surface area contributed by atoms with Crippen LogP contribution in [0.15, 0.2) is 67.4 Å². The van der Waals surface area contributed by atoms with Crippen LogP contribution in [-0.4, -0.2) is 15.0 Å². The number of aromatic amines is 1. The third-order valence-corrected chi connectivity index (χ3v) is 3.27. The molecule has 3 nitrogen and oxygen atoms in total. The first-order valence-corrected chi connectivity index (χ1v) is 6.36.